The summed E-state index contributed by atoms with van der Waals surface area (Å²) >= 11 is 0. The summed E-state index contributed by atoms with van der Waals surface area (Å²) in [6.07, 6.45) is 6.04. The van der Waals surface area contributed by atoms with Crippen LogP contribution in [0.25, 0.3) is 16.9 Å². The van der Waals surface area contributed by atoms with Crippen LogP contribution in [-0.2, 0) is 18.4 Å². The monoisotopic (exact) mass is 458 g/mol. The van der Waals surface area contributed by atoms with Gasteiger partial charge >= 0.3 is 0 Å². The Labute approximate surface area is 198 Å². The lowest BCUT2D eigenvalue weighted by atomic mass is 9.93. The van der Waals surface area contributed by atoms with E-state index in [1.54, 1.807) is 28.0 Å². The SMILES string of the molecule is CC(C)n1c(=O)c2cnc(Nc3ccc4c(c3)CCNC4)nc2n1-c1cnc(C(C)(C)C)cn1. The molecule has 0 unspecified atom stereocenters. The molecule has 0 saturated carbocycles. The zero-order valence-electron chi connectivity index (χ0n) is 20.3. The maximum absolute atomic E-state index is 13.2. The highest BCUT2D eigenvalue weighted by atomic mass is 16.1. The predicted octanol–water partition coefficient (Wildman–Crippen LogP) is 3.64. The third-order valence-electron chi connectivity index (χ3n) is 6.08. The molecule has 5 rings (SSSR count). The second kappa shape index (κ2) is 8.32. The molecule has 0 saturated heterocycles. The second-order valence-electron chi connectivity index (χ2n) is 10.0. The molecule has 0 amide bonds. The number of nitrogens with zero attached hydrogens (tertiary/aromatic N) is 6. The van der Waals surface area contributed by atoms with Crippen molar-refractivity contribution in [2.75, 3.05) is 11.9 Å². The number of hydrogen-bond donors (Lipinski definition) is 2. The lowest BCUT2D eigenvalue weighted by Crippen LogP contribution is -2.25. The Balaban J connectivity index is 1.59. The number of fused-ring (bicyclic) bond motifs is 2. The van der Waals surface area contributed by atoms with Crippen LogP contribution >= 0.6 is 0 Å². The molecule has 34 heavy (non-hydrogen) atoms. The zero-order chi connectivity index (χ0) is 24.0. The number of rotatable bonds is 4. The van der Waals surface area contributed by atoms with Gasteiger partial charge in [0.05, 0.1) is 18.1 Å². The van der Waals surface area contributed by atoms with Gasteiger partial charge in [-0.05, 0) is 50.1 Å². The fourth-order valence-electron chi connectivity index (χ4n) is 4.25. The molecule has 4 heterocycles. The fraction of sp³-hybridized carbons (Fsp3) is 0.400. The zero-order valence-corrected chi connectivity index (χ0v) is 20.3. The molecule has 176 valence electrons. The van der Waals surface area contributed by atoms with E-state index in [1.807, 2.05) is 19.9 Å². The molecule has 0 fully saturated rings. The van der Waals surface area contributed by atoms with Gasteiger partial charge in [0.2, 0.25) is 5.95 Å². The Morgan fingerprint density at radius 1 is 1.06 bits per heavy atom. The van der Waals surface area contributed by atoms with E-state index >= 15 is 0 Å². The number of anilines is 2. The predicted molar refractivity (Wildman–Crippen MR) is 133 cm³/mol. The molecular formula is C25H30N8O. The van der Waals surface area contributed by atoms with Crippen LogP contribution in [0.2, 0.25) is 0 Å². The number of nitrogens with one attached hydrogen (secondary N) is 2. The third kappa shape index (κ3) is 3.96. The van der Waals surface area contributed by atoms with Crippen molar-refractivity contribution >= 4 is 22.7 Å². The summed E-state index contributed by atoms with van der Waals surface area (Å²) in [6.45, 7) is 12.1. The molecule has 0 atom stereocenters. The van der Waals surface area contributed by atoms with Gasteiger partial charge in [0, 0.05) is 29.9 Å². The van der Waals surface area contributed by atoms with E-state index < -0.39 is 0 Å². The van der Waals surface area contributed by atoms with E-state index in [4.69, 9.17) is 4.98 Å². The molecule has 0 bridgehead atoms. The normalized spacial score (nSPS) is 13.9. The molecule has 1 aliphatic heterocycles. The quantitative estimate of drug-likeness (QED) is 0.481. The molecule has 0 radical (unpaired) electrons. The molecular weight excluding hydrogens is 428 g/mol. The van der Waals surface area contributed by atoms with Crippen molar-refractivity contribution in [3.63, 3.8) is 0 Å². The summed E-state index contributed by atoms with van der Waals surface area (Å²) in [4.78, 5) is 31.6. The van der Waals surface area contributed by atoms with Crippen molar-refractivity contribution in [2.45, 2.75) is 59.0 Å². The maximum atomic E-state index is 13.2. The van der Waals surface area contributed by atoms with Crippen molar-refractivity contribution in [1.82, 2.24) is 34.6 Å². The van der Waals surface area contributed by atoms with E-state index in [-0.39, 0.29) is 17.0 Å². The summed E-state index contributed by atoms with van der Waals surface area (Å²) in [5.74, 6) is 0.968. The molecule has 9 heteroatoms. The molecule has 0 spiro atoms. The average molecular weight is 459 g/mol. The van der Waals surface area contributed by atoms with Crippen molar-refractivity contribution in [2.24, 2.45) is 0 Å². The van der Waals surface area contributed by atoms with Gasteiger partial charge in [0.1, 0.15) is 5.39 Å². The van der Waals surface area contributed by atoms with Crippen LogP contribution in [0.5, 0.6) is 0 Å². The molecule has 1 aliphatic rings. The lowest BCUT2D eigenvalue weighted by Gasteiger charge is -2.19. The van der Waals surface area contributed by atoms with Gasteiger partial charge in [-0.2, -0.15) is 4.98 Å². The maximum Gasteiger partial charge on any atom is 0.278 e. The summed E-state index contributed by atoms with van der Waals surface area (Å²) in [7, 11) is 0. The van der Waals surface area contributed by atoms with E-state index in [0.29, 0.717) is 22.8 Å². The van der Waals surface area contributed by atoms with Crippen LogP contribution in [0, 0.1) is 0 Å². The van der Waals surface area contributed by atoms with Gasteiger partial charge in [0.25, 0.3) is 5.56 Å². The minimum Gasteiger partial charge on any atom is -0.324 e. The molecule has 3 aromatic heterocycles. The van der Waals surface area contributed by atoms with Crippen LogP contribution in [0.3, 0.4) is 0 Å². The van der Waals surface area contributed by atoms with Crippen LogP contribution in [0.15, 0.2) is 41.6 Å². The Bertz CT molecular complexity index is 1410. The first-order valence-corrected chi connectivity index (χ1v) is 11.6. The smallest absolute Gasteiger partial charge is 0.278 e. The van der Waals surface area contributed by atoms with Crippen molar-refractivity contribution in [1.29, 1.82) is 0 Å². The second-order valence-corrected chi connectivity index (χ2v) is 10.0. The number of aromatic nitrogens is 6. The Morgan fingerprint density at radius 3 is 2.59 bits per heavy atom. The van der Waals surface area contributed by atoms with E-state index in [0.717, 1.165) is 30.9 Å². The van der Waals surface area contributed by atoms with E-state index in [2.05, 4.69) is 58.5 Å². The molecule has 2 N–H and O–H groups in total. The highest BCUT2D eigenvalue weighted by Gasteiger charge is 2.22. The fourth-order valence-corrected chi connectivity index (χ4v) is 4.25. The first-order valence-electron chi connectivity index (χ1n) is 11.6. The minimum atomic E-state index is -0.153. The van der Waals surface area contributed by atoms with Crippen LogP contribution in [0.1, 0.15) is 57.5 Å². The minimum absolute atomic E-state index is 0.101. The molecule has 4 aromatic rings. The average Bonchev–Trinajstić information content (AvgIpc) is 3.10. The summed E-state index contributed by atoms with van der Waals surface area (Å²) in [5, 5.41) is 7.14. The molecule has 1 aromatic carbocycles. The first-order chi connectivity index (χ1) is 16.2. The van der Waals surface area contributed by atoms with E-state index in [9.17, 15) is 4.79 Å². The van der Waals surface area contributed by atoms with Gasteiger partial charge in [-0.25, -0.2) is 19.3 Å². The summed E-state index contributed by atoms with van der Waals surface area (Å²) in [6, 6.07) is 6.20. The largest absolute Gasteiger partial charge is 0.324 e. The van der Waals surface area contributed by atoms with Gasteiger partial charge in [-0.3, -0.25) is 9.78 Å². The van der Waals surface area contributed by atoms with Crippen molar-refractivity contribution < 1.29 is 0 Å². The standard InChI is InChI=1S/C25H30N8O/c1-15(2)32-23(34)19-12-29-24(30-18-7-6-17-11-26-9-8-16(17)10-18)31-22(19)33(32)21-14-27-20(13-28-21)25(3,4)5/h6-7,10,12-15,26H,8-9,11H2,1-5H3,(H,29,30,31). The summed E-state index contributed by atoms with van der Waals surface area (Å²) in [5.41, 5.74) is 4.66. The van der Waals surface area contributed by atoms with Crippen LogP contribution < -0.4 is 16.2 Å². The third-order valence-corrected chi connectivity index (χ3v) is 6.08. The van der Waals surface area contributed by atoms with Crippen molar-refractivity contribution in [3.05, 3.63) is 64.0 Å². The summed E-state index contributed by atoms with van der Waals surface area (Å²) < 4.78 is 3.39. The number of benzene rings is 1. The first kappa shape index (κ1) is 22.2. The highest BCUT2D eigenvalue weighted by molar-refractivity contribution is 5.77. The van der Waals surface area contributed by atoms with Crippen LogP contribution in [-0.4, -0.2) is 35.8 Å². The Hall–Kier alpha value is -3.59. The Kier molecular flexibility index (Phi) is 5.44. The van der Waals surface area contributed by atoms with Gasteiger partial charge in [0.15, 0.2) is 11.5 Å². The number of hydrogen-bond acceptors (Lipinski definition) is 7. The topological polar surface area (TPSA) is 103 Å². The lowest BCUT2D eigenvalue weighted by molar-refractivity contribution is 0.470. The van der Waals surface area contributed by atoms with Crippen molar-refractivity contribution in [3.8, 4) is 5.82 Å². The van der Waals surface area contributed by atoms with Crippen LogP contribution in [0.4, 0.5) is 11.6 Å². The Morgan fingerprint density at radius 2 is 1.88 bits per heavy atom. The van der Waals surface area contributed by atoms with Gasteiger partial charge in [-0.15, -0.1) is 0 Å². The molecule has 9 nitrogen and oxygen atoms in total. The molecule has 0 aliphatic carbocycles. The van der Waals surface area contributed by atoms with Gasteiger partial charge in [-0.1, -0.05) is 26.8 Å². The van der Waals surface area contributed by atoms with Gasteiger partial charge < -0.3 is 10.6 Å². The highest BCUT2D eigenvalue weighted by Crippen LogP contribution is 2.24. The van der Waals surface area contributed by atoms with E-state index in [1.165, 1.54) is 11.1 Å².